The van der Waals surface area contributed by atoms with Gasteiger partial charge in [0.15, 0.2) is 0 Å². The highest BCUT2D eigenvalue weighted by Crippen LogP contribution is 2.30. The molecule has 4 nitrogen and oxygen atoms in total. The lowest BCUT2D eigenvalue weighted by Gasteiger charge is -2.31. The Morgan fingerprint density at radius 2 is 1.95 bits per heavy atom. The van der Waals surface area contributed by atoms with Crippen molar-refractivity contribution >= 4 is 11.9 Å². The number of nitrogens with zero attached hydrogens (tertiary/aromatic N) is 1. The van der Waals surface area contributed by atoms with Crippen LogP contribution in [0.3, 0.4) is 0 Å². The van der Waals surface area contributed by atoms with E-state index in [1.165, 1.54) is 13.0 Å². The fourth-order valence-electron chi connectivity index (χ4n) is 2.50. The summed E-state index contributed by atoms with van der Waals surface area (Å²) >= 11 is 0. The summed E-state index contributed by atoms with van der Waals surface area (Å²) < 4.78 is 13.9. The Hall–Kier alpha value is -1.91. The fraction of sp³-hybridized carbons (Fsp3) is 0.429. The second-order valence-electron chi connectivity index (χ2n) is 4.82. The molecule has 0 radical (unpaired) electrons. The molecule has 1 heterocycles. The Bertz CT molecular complexity index is 507. The average Bonchev–Trinajstić information content (AvgIpc) is 2.38. The van der Waals surface area contributed by atoms with Crippen LogP contribution in [0, 0.1) is 5.82 Å². The number of carboxylic acid groups (broad SMARTS) is 1. The highest BCUT2D eigenvalue weighted by Gasteiger charge is 2.24. The number of carboxylic acids is 1. The summed E-state index contributed by atoms with van der Waals surface area (Å²) in [7, 11) is 0. The number of piperidine rings is 1. The third-order valence-corrected chi connectivity index (χ3v) is 3.63. The van der Waals surface area contributed by atoms with Crippen LogP contribution in [-0.4, -0.2) is 35.0 Å². The van der Waals surface area contributed by atoms with Gasteiger partial charge in [0.2, 0.25) is 5.91 Å². The summed E-state index contributed by atoms with van der Waals surface area (Å²) in [6.07, 6.45) is 1.42. The molecular weight excluding hydrogens is 249 g/mol. The number of benzene rings is 1. The molecule has 102 valence electrons. The Kier molecular flexibility index (Phi) is 3.83. The molecule has 1 aromatic carbocycles. The molecule has 0 atom stereocenters. The van der Waals surface area contributed by atoms with Gasteiger partial charge in [-0.1, -0.05) is 6.07 Å². The van der Waals surface area contributed by atoms with Crippen molar-refractivity contribution in [2.45, 2.75) is 25.7 Å². The molecule has 0 bridgehead atoms. The van der Waals surface area contributed by atoms with Gasteiger partial charge in [-0.15, -0.1) is 0 Å². The fourth-order valence-corrected chi connectivity index (χ4v) is 2.50. The molecule has 1 N–H and O–H groups in total. The number of rotatable bonds is 2. The monoisotopic (exact) mass is 265 g/mol. The Morgan fingerprint density at radius 3 is 2.42 bits per heavy atom. The predicted octanol–water partition coefficient (Wildman–Crippen LogP) is 2.25. The van der Waals surface area contributed by atoms with E-state index in [1.807, 2.05) is 0 Å². The molecule has 1 fully saturated rings. The van der Waals surface area contributed by atoms with Crippen molar-refractivity contribution in [3.8, 4) is 0 Å². The van der Waals surface area contributed by atoms with E-state index in [-0.39, 0.29) is 17.4 Å². The van der Waals surface area contributed by atoms with Gasteiger partial charge >= 0.3 is 5.97 Å². The van der Waals surface area contributed by atoms with Gasteiger partial charge < -0.3 is 10.0 Å². The molecule has 0 unspecified atom stereocenters. The van der Waals surface area contributed by atoms with Crippen molar-refractivity contribution in [2.24, 2.45) is 0 Å². The number of aromatic carboxylic acids is 1. The second kappa shape index (κ2) is 5.38. The first-order chi connectivity index (χ1) is 8.99. The van der Waals surface area contributed by atoms with E-state index in [2.05, 4.69) is 0 Å². The van der Waals surface area contributed by atoms with Gasteiger partial charge in [-0.05, 0) is 36.5 Å². The molecule has 1 amide bonds. The maximum Gasteiger partial charge on any atom is 0.335 e. The molecule has 2 rings (SSSR count). The van der Waals surface area contributed by atoms with Crippen molar-refractivity contribution in [1.82, 2.24) is 4.90 Å². The van der Waals surface area contributed by atoms with E-state index in [0.29, 0.717) is 31.5 Å². The van der Waals surface area contributed by atoms with Crippen LogP contribution in [0.15, 0.2) is 18.2 Å². The van der Waals surface area contributed by atoms with Crippen LogP contribution in [0.2, 0.25) is 0 Å². The van der Waals surface area contributed by atoms with Crippen molar-refractivity contribution in [3.05, 3.63) is 35.1 Å². The second-order valence-corrected chi connectivity index (χ2v) is 4.82. The Labute approximate surface area is 110 Å². The first kappa shape index (κ1) is 13.5. The lowest BCUT2D eigenvalue weighted by molar-refractivity contribution is -0.129. The molecule has 0 aromatic heterocycles. The molecule has 1 aromatic rings. The number of amides is 1. The standard InChI is InChI=1S/C14H16FNO3/c1-9(17)16-6-4-10(5-7-16)12-3-2-11(14(18)19)8-13(12)15/h2-3,8,10H,4-7H2,1H3,(H,18,19). The summed E-state index contributed by atoms with van der Waals surface area (Å²) in [5.41, 5.74) is 0.510. The normalized spacial score (nSPS) is 16.4. The number of likely N-dealkylation sites (tertiary alicyclic amines) is 1. The summed E-state index contributed by atoms with van der Waals surface area (Å²) in [6.45, 7) is 2.78. The molecule has 5 heteroatoms. The van der Waals surface area contributed by atoms with Gasteiger partial charge in [0.1, 0.15) is 5.82 Å². The van der Waals surface area contributed by atoms with Crippen LogP contribution in [0.4, 0.5) is 4.39 Å². The lowest BCUT2D eigenvalue weighted by atomic mass is 9.88. The Morgan fingerprint density at radius 1 is 1.32 bits per heavy atom. The highest BCUT2D eigenvalue weighted by atomic mass is 19.1. The molecule has 0 saturated carbocycles. The van der Waals surface area contributed by atoms with E-state index in [1.54, 1.807) is 11.0 Å². The van der Waals surface area contributed by atoms with Crippen LogP contribution in [-0.2, 0) is 4.79 Å². The van der Waals surface area contributed by atoms with E-state index in [9.17, 15) is 14.0 Å². The molecule has 0 spiro atoms. The lowest BCUT2D eigenvalue weighted by Crippen LogP contribution is -2.36. The molecule has 0 aliphatic carbocycles. The van der Waals surface area contributed by atoms with Crippen molar-refractivity contribution in [3.63, 3.8) is 0 Å². The van der Waals surface area contributed by atoms with Crippen molar-refractivity contribution in [2.75, 3.05) is 13.1 Å². The Balaban J connectivity index is 2.11. The smallest absolute Gasteiger partial charge is 0.335 e. The summed E-state index contributed by atoms with van der Waals surface area (Å²) in [5, 5.41) is 8.80. The summed E-state index contributed by atoms with van der Waals surface area (Å²) in [4.78, 5) is 23.7. The van der Waals surface area contributed by atoms with E-state index >= 15 is 0 Å². The molecule has 1 saturated heterocycles. The zero-order chi connectivity index (χ0) is 14.0. The number of carbonyl (C=O) groups excluding carboxylic acids is 1. The van der Waals surface area contributed by atoms with Gasteiger partial charge in [-0.3, -0.25) is 4.79 Å². The molecular formula is C14H16FNO3. The minimum atomic E-state index is -1.13. The SMILES string of the molecule is CC(=O)N1CCC(c2ccc(C(=O)O)cc2F)CC1. The van der Waals surface area contributed by atoms with Gasteiger partial charge in [-0.2, -0.15) is 0 Å². The number of carbonyl (C=O) groups is 2. The van der Waals surface area contributed by atoms with Crippen molar-refractivity contribution in [1.29, 1.82) is 0 Å². The number of hydrogen-bond acceptors (Lipinski definition) is 2. The van der Waals surface area contributed by atoms with E-state index in [0.717, 1.165) is 6.07 Å². The van der Waals surface area contributed by atoms with Crippen LogP contribution in [0.25, 0.3) is 0 Å². The summed E-state index contributed by atoms with van der Waals surface area (Å²) in [6, 6.07) is 4.04. The maximum atomic E-state index is 13.9. The third-order valence-electron chi connectivity index (χ3n) is 3.63. The molecule has 19 heavy (non-hydrogen) atoms. The van der Waals surface area contributed by atoms with E-state index < -0.39 is 11.8 Å². The highest BCUT2D eigenvalue weighted by molar-refractivity contribution is 5.87. The minimum absolute atomic E-state index is 0.0394. The van der Waals surface area contributed by atoms with Crippen LogP contribution >= 0.6 is 0 Å². The molecule has 1 aliphatic heterocycles. The quantitative estimate of drug-likeness (QED) is 0.892. The third kappa shape index (κ3) is 2.92. The van der Waals surface area contributed by atoms with Gasteiger partial charge in [-0.25, -0.2) is 9.18 Å². The van der Waals surface area contributed by atoms with Gasteiger partial charge in [0.05, 0.1) is 5.56 Å². The van der Waals surface area contributed by atoms with Gasteiger partial charge in [0.25, 0.3) is 0 Å². The van der Waals surface area contributed by atoms with Crippen LogP contribution < -0.4 is 0 Å². The zero-order valence-corrected chi connectivity index (χ0v) is 10.7. The number of halogens is 1. The van der Waals surface area contributed by atoms with Crippen LogP contribution in [0.1, 0.15) is 41.6 Å². The predicted molar refractivity (Wildman–Crippen MR) is 67.6 cm³/mol. The zero-order valence-electron chi connectivity index (χ0n) is 10.7. The topological polar surface area (TPSA) is 57.6 Å². The first-order valence-electron chi connectivity index (χ1n) is 6.27. The first-order valence-corrected chi connectivity index (χ1v) is 6.27. The number of hydrogen-bond donors (Lipinski definition) is 1. The minimum Gasteiger partial charge on any atom is -0.478 e. The van der Waals surface area contributed by atoms with Crippen molar-refractivity contribution < 1.29 is 19.1 Å². The molecule has 1 aliphatic rings. The largest absolute Gasteiger partial charge is 0.478 e. The van der Waals surface area contributed by atoms with Gasteiger partial charge in [0, 0.05) is 20.0 Å². The average molecular weight is 265 g/mol. The summed E-state index contributed by atoms with van der Waals surface area (Å²) in [5.74, 6) is -1.50. The maximum absolute atomic E-state index is 13.9. The van der Waals surface area contributed by atoms with Crippen LogP contribution in [0.5, 0.6) is 0 Å². The van der Waals surface area contributed by atoms with E-state index in [4.69, 9.17) is 5.11 Å².